The number of nitrogens with one attached hydrogen (secondary N) is 1. The van der Waals surface area contributed by atoms with Crippen LogP contribution in [0, 0.1) is 6.08 Å². The van der Waals surface area contributed by atoms with Gasteiger partial charge in [0, 0.05) is 12.5 Å². The lowest BCUT2D eigenvalue weighted by molar-refractivity contribution is -0.143. The lowest BCUT2D eigenvalue weighted by Gasteiger charge is -2.40. The summed E-state index contributed by atoms with van der Waals surface area (Å²) in [5.74, 6) is -0.520. The number of nitrogen functional groups attached to an aromatic ring is 1. The number of esters is 1. The third-order valence-electron chi connectivity index (χ3n) is 4.85. The van der Waals surface area contributed by atoms with Crippen LogP contribution in [0.5, 0.6) is 0 Å². The number of ether oxygens (including phenoxy) is 2. The molecule has 6 atom stereocenters. The highest BCUT2D eigenvalue weighted by molar-refractivity contribution is 7.58. The van der Waals surface area contributed by atoms with E-state index < -0.39 is 44.8 Å². The third kappa shape index (κ3) is 4.32. The Morgan fingerprint density at radius 2 is 2.32 bits per heavy atom. The Morgan fingerprint density at radius 1 is 1.55 bits per heavy atom. The highest BCUT2D eigenvalue weighted by Crippen LogP contribution is 2.59. The van der Waals surface area contributed by atoms with Gasteiger partial charge in [0.15, 0.2) is 23.2 Å². The molecule has 31 heavy (non-hydrogen) atoms. The molecule has 4 rings (SSSR count). The lowest BCUT2D eigenvalue weighted by atomic mass is 10.1. The fourth-order valence-corrected chi connectivity index (χ4v) is 5.15. The average molecular weight is 461 g/mol. The van der Waals surface area contributed by atoms with Gasteiger partial charge in [0.1, 0.15) is 24.9 Å². The number of carbonyl (C=O) groups is 1. The number of nitrogens with zero attached hydrogens (tertiary/aromatic N) is 4. The van der Waals surface area contributed by atoms with Crippen LogP contribution in [0.3, 0.4) is 0 Å². The maximum atomic E-state index is 13.6. The van der Waals surface area contributed by atoms with Gasteiger partial charge in [-0.05, 0) is 6.92 Å². The van der Waals surface area contributed by atoms with E-state index >= 15 is 0 Å². The maximum Gasteiger partial charge on any atom is 0.312 e. The zero-order valence-electron chi connectivity index (χ0n) is 16.7. The molecule has 2 fully saturated rings. The molecule has 2 aromatic rings. The van der Waals surface area contributed by atoms with E-state index in [4.69, 9.17) is 24.3 Å². The van der Waals surface area contributed by atoms with Crippen molar-refractivity contribution >= 4 is 31.0 Å². The smallest absolute Gasteiger partial charge is 0.312 e. The van der Waals surface area contributed by atoms with Gasteiger partial charge < -0.3 is 29.7 Å². The van der Waals surface area contributed by atoms with Crippen molar-refractivity contribution in [2.75, 3.05) is 18.9 Å². The number of aliphatic hydroxyl groups is 1. The average Bonchev–Trinajstić information content (AvgIpc) is 3.27. The van der Waals surface area contributed by atoms with Crippen LogP contribution in [0.15, 0.2) is 6.33 Å². The third-order valence-corrected chi connectivity index (χ3v) is 6.64. The van der Waals surface area contributed by atoms with Crippen LogP contribution in [0.25, 0.3) is 11.2 Å². The fraction of sp³-hybridized carbons (Fsp3) is 0.625. The zero-order valence-corrected chi connectivity index (χ0v) is 17.6. The largest absolute Gasteiger partial charge is 0.464 e. The Hall–Kier alpha value is -2.06. The first-order chi connectivity index (χ1) is 14.7. The minimum absolute atomic E-state index is 0.00515. The second-order valence-electron chi connectivity index (χ2n) is 7.21. The van der Waals surface area contributed by atoms with Crippen molar-refractivity contribution in [2.24, 2.45) is 0 Å². The van der Waals surface area contributed by atoms with E-state index in [1.807, 2.05) is 0 Å². The fourth-order valence-electron chi connectivity index (χ4n) is 3.38. The molecule has 2 saturated heterocycles. The molecule has 2 aliphatic rings. The van der Waals surface area contributed by atoms with Gasteiger partial charge >= 0.3 is 20.1 Å². The van der Waals surface area contributed by atoms with Crippen molar-refractivity contribution in [1.82, 2.24) is 24.6 Å². The Kier molecular flexibility index (Phi) is 6.05. The van der Waals surface area contributed by atoms with Crippen molar-refractivity contribution in [1.29, 1.82) is 0 Å². The topological polar surface area (TPSA) is 176 Å². The molecule has 0 bridgehead atoms. The van der Waals surface area contributed by atoms with E-state index in [1.54, 1.807) is 13.8 Å². The van der Waals surface area contributed by atoms with Gasteiger partial charge in [0.05, 0.1) is 12.9 Å². The number of carbonyl (C=O) groups excluding carboxylic acids is 1. The number of aromatic nitrogens is 4. The summed E-state index contributed by atoms with van der Waals surface area (Å²) >= 11 is 0. The van der Waals surface area contributed by atoms with Gasteiger partial charge in [0.25, 0.3) is 0 Å². The molecule has 15 heteroatoms. The molecule has 0 saturated carbocycles. The van der Waals surface area contributed by atoms with Crippen molar-refractivity contribution in [3.63, 3.8) is 0 Å². The van der Waals surface area contributed by atoms with Crippen molar-refractivity contribution in [2.45, 2.75) is 50.8 Å². The van der Waals surface area contributed by atoms with E-state index in [0.29, 0.717) is 0 Å². The molecule has 171 valence electrons. The molecule has 2 unspecified atom stereocenters. The number of aliphatic hydroxyl groups excluding tert-OH is 1. The Balaban J connectivity index is 1.47. The number of hydrogen-bond donors (Lipinski definition) is 4. The number of anilines is 1. The number of halogens is 1. The van der Waals surface area contributed by atoms with Crippen LogP contribution < -0.4 is 10.8 Å². The minimum Gasteiger partial charge on any atom is -0.464 e. The summed E-state index contributed by atoms with van der Waals surface area (Å²) in [6, 6.07) is -0.471. The van der Waals surface area contributed by atoms with Gasteiger partial charge in [-0.3, -0.25) is 13.9 Å². The molecule has 0 aromatic carbocycles. The Morgan fingerprint density at radius 3 is 3.06 bits per heavy atom. The number of nitrogens with two attached hydrogens (primary N) is 1. The SMILES string of the molecule is CCC(=O)OCC(C)N[P]1(O)OC[C@H]2O[C@@H](n3cnc4c(N)nc(F)nc43)[C@@H](O)[C@@H]2O1. The van der Waals surface area contributed by atoms with Gasteiger partial charge in [-0.1, -0.05) is 6.92 Å². The van der Waals surface area contributed by atoms with Crippen LogP contribution >= 0.6 is 8.09 Å². The Labute approximate surface area is 176 Å². The van der Waals surface area contributed by atoms with E-state index in [1.165, 1.54) is 10.9 Å². The first kappa shape index (κ1) is 22.1. The minimum atomic E-state index is -3.57. The normalized spacial score (nSPS) is 31.5. The first-order valence-electron chi connectivity index (χ1n) is 9.58. The standard InChI is InChI=1S/C16H23FN6O7P/c1-3-9(24)27-4-7(2)22-31(26)28-5-8-12(30-31)11(25)15(29-8)23-6-19-10-13(18)20-16(17)21-14(10)23/h6-8,11-12,15,22,25-26H,3-5H2,1-2H3,(H2,18,20,21)/t7?,8-,11+,12-,15-/m1/s1. The molecular formula is C16H23FN6O7P. The second kappa shape index (κ2) is 8.47. The summed E-state index contributed by atoms with van der Waals surface area (Å²) in [6.07, 6.45) is -3.46. The van der Waals surface area contributed by atoms with E-state index in [9.17, 15) is 19.2 Å². The molecule has 0 amide bonds. The highest BCUT2D eigenvalue weighted by atomic mass is 31.2. The summed E-state index contributed by atoms with van der Waals surface area (Å²) in [6.45, 7) is 3.28. The number of rotatable bonds is 6. The molecule has 4 heterocycles. The lowest BCUT2D eigenvalue weighted by Crippen LogP contribution is -2.45. The summed E-state index contributed by atoms with van der Waals surface area (Å²) in [5, 5.41) is 13.6. The van der Waals surface area contributed by atoms with E-state index in [-0.39, 0.29) is 42.6 Å². The molecular weight excluding hydrogens is 438 g/mol. The maximum absolute atomic E-state index is 13.6. The van der Waals surface area contributed by atoms with Crippen molar-refractivity contribution in [3.05, 3.63) is 12.4 Å². The van der Waals surface area contributed by atoms with Crippen LogP contribution in [-0.4, -0.2) is 73.1 Å². The van der Waals surface area contributed by atoms with Gasteiger partial charge in [0.2, 0.25) is 0 Å². The number of fused-ring (bicyclic) bond motifs is 2. The van der Waals surface area contributed by atoms with E-state index in [0.717, 1.165) is 0 Å². The second-order valence-corrected chi connectivity index (χ2v) is 8.98. The first-order valence-corrected chi connectivity index (χ1v) is 11.2. The van der Waals surface area contributed by atoms with E-state index in [2.05, 4.69) is 20.0 Å². The monoisotopic (exact) mass is 461 g/mol. The van der Waals surface area contributed by atoms with Crippen LogP contribution in [0.4, 0.5) is 10.2 Å². The van der Waals surface area contributed by atoms with Crippen molar-refractivity contribution in [3.8, 4) is 0 Å². The molecule has 5 N–H and O–H groups in total. The summed E-state index contributed by atoms with van der Waals surface area (Å²) in [7, 11) is -3.57. The number of imidazole rings is 1. The van der Waals surface area contributed by atoms with Crippen LogP contribution in [0.1, 0.15) is 26.5 Å². The quantitative estimate of drug-likeness (QED) is 0.254. The molecule has 13 nitrogen and oxygen atoms in total. The van der Waals surface area contributed by atoms with Crippen LogP contribution in [0.2, 0.25) is 0 Å². The molecule has 0 spiro atoms. The van der Waals surface area contributed by atoms with Crippen LogP contribution in [-0.2, 0) is 23.3 Å². The molecule has 0 aliphatic carbocycles. The van der Waals surface area contributed by atoms with Gasteiger partial charge in [-0.15, -0.1) is 0 Å². The Bertz CT molecular complexity index is 981. The highest BCUT2D eigenvalue weighted by Gasteiger charge is 2.53. The molecule has 1 radical (unpaired) electrons. The molecule has 2 aliphatic heterocycles. The summed E-state index contributed by atoms with van der Waals surface area (Å²) in [4.78, 5) is 33.2. The summed E-state index contributed by atoms with van der Waals surface area (Å²) < 4.78 is 36.9. The summed E-state index contributed by atoms with van der Waals surface area (Å²) in [5.41, 5.74) is 5.87. The predicted octanol–water partition coefficient (Wildman–Crippen LogP) is -0.177. The molecule has 2 aromatic heterocycles. The zero-order chi connectivity index (χ0) is 22.3. The van der Waals surface area contributed by atoms with Crippen molar-refractivity contribution < 1.29 is 37.7 Å². The number of hydrogen-bond acceptors (Lipinski definition) is 12. The predicted molar refractivity (Wildman–Crippen MR) is 103 cm³/mol. The van der Waals surface area contributed by atoms with Gasteiger partial charge in [-0.25, -0.2) is 10.1 Å². The van der Waals surface area contributed by atoms with Gasteiger partial charge in [-0.2, -0.15) is 14.4 Å².